The Morgan fingerprint density at radius 3 is 2.41 bits per heavy atom. The van der Waals surface area contributed by atoms with E-state index in [2.05, 4.69) is 57.1 Å². The van der Waals surface area contributed by atoms with Crippen molar-refractivity contribution in [1.29, 1.82) is 0 Å². The molecule has 9 unspecified atom stereocenters. The molecule has 0 bridgehead atoms. The van der Waals surface area contributed by atoms with E-state index in [0.717, 1.165) is 59.5 Å². The van der Waals surface area contributed by atoms with E-state index in [1.165, 1.54) is 64.2 Å². The molecular weight excluding hydrogens is 502 g/mol. The van der Waals surface area contributed by atoms with Gasteiger partial charge in [0, 0.05) is 0 Å². The van der Waals surface area contributed by atoms with Crippen LogP contribution in [0.3, 0.4) is 0 Å². The molecule has 1 amide bonds. The summed E-state index contributed by atoms with van der Waals surface area (Å²) >= 11 is 0. The van der Waals surface area contributed by atoms with Crippen LogP contribution in [0.4, 0.5) is 0 Å². The van der Waals surface area contributed by atoms with E-state index in [1.54, 1.807) is 0 Å². The minimum absolute atomic E-state index is 0.197. The van der Waals surface area contributed by atoms with Gasteiger partial charge in [0.15, 0.2) is 0 Å². The molecule has 1 heterocycles. The van der Waals surface area contributed by atoms with Crippen molar-refractivity contribution >= 4 is 5.91 Å². The predicted octanol–water partition coefficient (Wildman–Crippen LogP) is 8.89. The highest BCUT2D eigenvalue weighted by Gasteiger charge is 2.65. The van der Waals surface area contributed by atoms with Gasteiger partial charge in [-0.05, 0) is 124 Å². The Kier molecular flexibility index (Phi) is 6.56. The van der Waals surface area contributed by atoms with Crippen LogP contribution >= 0.6 is 0 Å². The molecule has 9 atom stereocenters. The maximum Gasteiger partial charge on any atom is 0.227 e. The van der Waals surface area contributed by atoms with Gasteiger partial charge in [-0.25, -0.2) is 4.98 Å². The zero-order valence-electron chi connectivity index (χ0n) is 26.3. The molecular formula is C37H53N3O. The molecule has 41 heavy (non-hydrogen) atoms. The van der Waals surface area contributed by atoms with E-state index < -0.39 is 5.54 Å². The standard InChI is InChI=1S/C37H53N3O/c1-24-11-9-19-35(4)27(24)17-21-36(5)28-18-22-37(20-10-14-29(37)26(28)15-16-31(35)36)33(41)40-34(2,3)32-38-23-30(39-32)25-12-7-6-8-13-25/h6-8,12-13,23-24,26-29,31H,9-11,14-22H2,1-5H3,(H,38,39)(H,40,41). The highest BCUT2D eigenvalue weighted by Crippen LogP contribution is 2.71. The van der Waals surface area contributed by atoms with E-state index in [0.29, 0.717) is 22.7 Å². The van der Waals surface area contributed by atoms with Gasteiger partial charge >= 0.3 is 0 Å². The minimum Gasteiger partial charge on any atom is -0.344 e. The van der Waals surface area contributed by atoms with Crippen LogP contribution in [0.2, 0.25) is 0 Å². The molecule has 5 aliphatic rings. The summed E-state index contributed by atoms with van der Waals surface area (Å²) in [5, 5.41) is 3.55. The SMILES string of the molecule is CC1CCCC2(C)C1CCC1(C)C3CCC4(C(=O)NC(C)(C)c5ncc(-c6ccccc6)[nH]5)CCCC4C3CCC21. The molecule has 1 aromatic heterocycles. The van der Waals surface area contributed by atoms with Crippen LogP contribution in [0.15, 0.2) is 36.5 Å². The van der Waals surface area contributed by atoms with Crippen molar-refractivity contribution in [3.63, 3.8) is 0 Å². The Morgan fingerprint density at radius 1 is 0.878 bits per heavy atom. The van der Waals surface area contributed by atoms with Gasteiger partial charge in [-0.3, -0.25) is 4.79 Å². The van der Waals surface area contributed by atoms with E-state index in [1.807, 2.05) is 24.4 Å². The number of aromatic nitrogens is 2. The Balaban J connectivity index is 1.11. The van der Waals surface area contributed by atoms with Crippen molar-refractivity contribution in [2.75, 3.05) is 0 Å². The lowest BCUT2D eigenvalue weighted by Gasteiger charge is -2.67. The topological polar surface area (TPSA) is 57.8 Å². The minimum atomic E-state index is -0.545. The molecule has 7 rings (SSSR count). The molecule has 2 aromatic rings. The van der Waals surface area contributed by atoms with Gasteiger partial charge in [0.2, 0.25) is 5.91 Å². The van der Waals surface area contributed by atoms with Crippen molar-refractivity contribution in [1.82, 2.24) is 15.3 Å². The van der Waals surface area contributed by atoms with Crippen molar-refractivity contribution in [3.8, 4) is 11.3 Å². The lowest BCUT2D eigenvalue weighted by Crippen LogP contribution is -2.61. The maximum atomic E-state index is 14.4. The van der Waals surface area contributed by atoms with Gasteiger partial charge in [0.05, 0.1) is 22.8 Å². The smallest absolute Gasteiger partial charge is 0.227 e. The number of carbonyl (C=O) groups is 1. The fourth-order valence-corrected chi connectivity index (χ4v) is 12.2. The fraction of sp³-hybridized carbons (Fsp3) is 0.730. The highest BCUT2D eigenvalue weighted by atomic mass is 16.2. The first kappa shape index (κ1) is 27.7. The molecule has 0 aliphatic heterocycles. The van der Waals surface area contributed by atoms with E-state index in [4.69, 9.17) is 4.98 Å². The maximum absolute atomic E-state index is 14.4. The summed E-state index contributed by atoms with van der Waals surface area (Å²) in [5.74, 6) is 5.89. The zero-order chi connectivity index (χ0) is 28.6. The molecule has 1 aromatic carbocycles. The van der Waals surface area contributed by atoms with Gasteiger partial charge in [-0.1, -0.05) is 70.4 Å². The first-order valence-corrected chi connectivity index (χ1v) is 17.0. The number of hydrogen-bond donors (Lipinski definition) is 2. The molecule has 5 saturated carbocycles. The first-order valence-electron chi connectivity index (χ1n) is 17.0. The monoisotopic (exact) mass is 555 g/mol. The van der Waals surface area contributed by atoms with Crippen molar-refractivity contribution in [2.45, 2.75) is 117 Å². The van der Waals surface area contributed by atoms with Crippen LogP contribution in [-0.2, 0) is 10.3 Å². The number of amides is 1. The third-order valence-electron chi connectivity index (χ3n) is 14.0. The molecule has 0 radical (unpaired) electrons. The van der Waals surface area contributed by atoms with Gasteiger partial charge < -0.3 is 10.3 Å². The van der Waals surface area contributed by atoms with Crippen molar-refractivity contribution in [2.24, 2.45) is 51.8 Å². The lowest BCUT2D eigenvalue weighted by atomic mass is 9.38. The first-order chi connectivity index (χ1) is 19.6. The summed E-state index contributed by atoms with van der Waals surface area (Å²) < 4.78 is 0. The van der Waals surface area contributed by atoms with Gasteiger partial charge in [0.1, 0.15) is 5.82 Å². The van der Waals surface area contributed by atoms with Crippen LogP contribution in [0.1, 0.15) is 117 Å². The summed E-state index contributed by atoms with van der Waals surface area (Å²) in [7, 11) is 0. The number of carbonyl (C=O) groups excluding carboxylic acids is 1. The van der Waals surface area contributed by atoms with Crippen molar-refractivity contribution in [3.05, 3.63) is 42.4 Å². The molecule has 4 heteroatoms. The molecule has 5 aliphatic carbocycles. The summed E-state index contributed by atoms with van der Waals surface area (Å²) in [6.45, 7) is 12.2. The second-order valence-electron chi connectivity index (χ2n) is 16.2. The average Bonchev–Trinajstić information content (AvgIpc) is 3.62. The third kappa shape index (κ3) is 4.12. The largest absolute Gasteiger partial charge is 0.344 e. The number of imidazole rings is 1. The number of nitrogens with zero attached hydrogens (tertiary/aromatic N) is 1. The molecule has 0 spiro atoms. The van der Waals surface area contributed by atoms with E-state index >= 15 is 0 Å². The molecule has 4 nitrogen and oxygen atoms in total. The summed E-state index contributed by atoms with van der Waals surface area (Å²) in [6, 6.07) is 10.3. The summed E-state index contributed by atoms with van der Waals surface area (Å²) in [5.41, 5.74) is 2.37. The summed E-state index contributed by atoms with van der Waals surface area (Å²) in [4.78, 5) is 22.7. The zero-order valence-corrected chi connectivity index (χ0v) is 26.3. The fourth-order valence-electron chi connectivity index (χ4n) is 12.2. The molecule has 2 N–H and O–H groups in total. The van der Waals surface area contributed by atoms with Crippen molar-refractivity contribution < 1.29 is 4.79 Å². The van der Waals surface area contributed by atoms with Gasteiger partial charge in [-0.2, -0.15) is 0 Å². The predicted molar refractivity (Wildman–Crippen MR) is 166 cm³/mol. The number of hydrogen-bond acceptors (Lipinski definition) is 2. The number of H-pyrrole nitrogens is 1. The Hall–Kier alpha value is -2.10. The second-order valence-corrected chi connectivity index (χ2v) is 16.2. The van der Waals surface area contributed by atoms with Crippen LogP contribution in [0.25, 0.3) is 11.3 Å². The highest BCUT2D eigenvalue weighted by molar-refractivity contribution is 5.84. The quantitative estimate of drug-likeness (QED) is 0.396. The van der Waals surface area contributed by atoms with Crippen LogP contribution < -0.4 is 5.32 Å². The van der Waals surface area contributed by atoms with E-state index in [-0.39, 0.29) is 5.41 Å². The van der Waals surface area contributed by atoms with E-state index in [9.17, 15) is 4.79 Å². The van der Waals surface area contributed by atoms with Crippen LogP contribution in [0, 0.1) is 51.8 Å². The average molecular weight is 556 g/mol. The Morgan fingerprint density at radius 2 is 1.61 bits per heavy atom. The number of benzene rings is 1. The number of fused-ring (bicyclic) bond motifs is 7. The Bertz CT molecular complexity index is 1280. The normalized spacial score (nSPS) is 42.0. The Labute approximate surface area is 248 Å². The number of nitrogens with one attached hydrogen (secondary N) is 2. The number of aromatic amines is 1. The third-order valence-corrected chi connectivity index (χ3v) is 14.0. The van der Waals surface area contributed by atoms with Gasteiger partial charge in [0.25, 0.3) is 0 Å². The lowest BCUT2D eigenvalue weighted by molar-refractivity contribution is -0.185. The van der Waals surface area contributed by atoms with Crippen LogP contribution in [0.5, 0.6) is 0 Å². The van der Waals surface area contributed by atoms with Gasteiger partial charge in [-0.15, -0.1) is 0 Å². The molecule has 5 fully saturated rings. The number of rotatable bonds is 4. The summed E-state index contributed by atoms with van der Waals surface area (Å²) in [6.07, 6.45) is 17.7. The molecule has 222 valence electrons. The van der Waals surface area contributed by atoms with Crippen LogP contribution in [-0.4, -0.2) is 15.9 Å². The second kappa shape index (κ2) is 9.71. The molecule has 0 saturated heterocycles.